The summed E-state index contributed by atoms with van der Waals surface area (Å²) in [5, 5.41) is 14.1. The van der Waals surface area contributed by atoms with Crippen LogP contribution in [0.25, 0.3) is 0 Å². The van der Waals surface area contributed by atoms with Crippen LogP contribution in [0.2, 0.25) is 5.02 Å². The molecule has 134 valence electrons. The van der Waals surface area contributed by atoms with Gasteiger partial charge in [0.1, 0.15) is 11.6 Å². The number of thiazole rings is 1. The molecule has 0 saturated heterocycles. The number of carbonyl (C=O) groups is 3. The number of rotatable bonds is 7. The van der Waals surface area contributed by atoms with E-state index < -0.39 is 36.7 Å². The minimum atomic E-state index is -1.08. The lowest BCUT2D eigenvalue weighted by Crippen LogP contribution is -2.32. The van der Waals surface area contributed by atoms with Crippen LogP contribution >= 0.6 is 22.9 Å². The first-order valence-electron chi connectivity index (χ1n) is 7.44. The maximum Gasteiger partial charge on any atom is 0.325 e. The molecular weight excluding hydrogens is 378 g/mol. The molecule has 2 aromatic rings. The van der Waals surface area contributed by atoms with Crippen LogP contribution in [0.4, 0.5) is 0 Å². The molecule has 1 N–H and O–H groups in total. The van der Waals surface area contributed by atoms with E-state index >= 15 is 0 Å². The average molecular weight is 392 g/mol. The summed E-state index contributed by atoms with van der Waals surface area (Å²) in [6.07, 6.45) is 0. The number of ketones is 1. The number of amides is 1. The van der Waals surface area contributed by atoms with Crippen molar-refractivity contribution in [3.63, 3.8) is 0 Å². The van der Waals surface area contributed by atoms with Crippen molar-refractivity contribution in [1.82, 2.24) is 10.3 Å². The van der Waals surface area contributed by atoms with Crippen molar-refractivity contribution in [3.05, 3.63) is 50.9 Å². The minimum absolute atomic E-state index is 0.335. The highest BCUT2D eigenvalue weighted by Crippen LogP contribution is 2.20. The van der Waals surface area contributed by atoms with Crippen LogP contribution in [0, 0.1) is 18.3 Å². The summed E-state index contributed by atoms with van der Waals surface area (Å²) in [6.45, 7) is 0.789. The molecule has 0 radical (unpaired) electrons. The predicted molar refractivity (Wildman–Crippen MR) is 95.0 cm³/mol. The number of nitriles is 1. The normalized spacial score (nSPS) is 11.3. The molecule has 0 bridgehead atoms. The lowest BCUT2D eigenvalue weighted by molar-refractivity contribution is -0.146. The zero-order valence-corrected chi connectivity index (χ0v) is 15.3. The Morgan fingerprint density at radius 1 is 1.35 bits per heavy atom. The second kappa shape index (κ2) is 9.08. The number of halogens is 1. The molecule has 1 atom stereocenters. The van der Waals surface area contributed by atoms with Crippen molar-refractivity contribution < 1.29 is 19.1 Å². The van der Waals surface area contributed by atoms with E-state index in [1.54, 1.807) is 24.4 Å². The van der Waals surface area contributed by atoms with E-state index in [9.17, 15) is 14.4 Å². The highest BCUT2D eigenvalue weighted by atomic mass is 35.5. The Balaban J connectivity index is 1.80. The lowest BCUT2D eigenvalue weighted by atomic mass is 10.1. The molecule has 1 aromatic heterocycles. The standard InChI is InChI=1S/C17H14ClN3O4S/c1-10-9-26-17(21-10)13(6-19)14(22)8-25-15(23)7-20-16(24)11-2-4-12(18)5-3-11/h2-5,9,13H,7-8H2,1H3,(H,20,24)/t13-/m1/s1. The van der Waals surface area contributed by atoms with Crippen LogP contribution in [0.1, 0.15) is 27.0 Å². The van der Waals surface area contributed by atoms with E-state index in [1.807, 2.05) is 6.07 Å². The van der Waals surface area contributed by atoms with Gasteiger partial charge in [-0.1, -0.05) is 11.6 Å². The summed E-state index contributed by atoms with van der Waals surface area (Å²) >= 11 is 6.93. The zero-order valence-electron chi connectivity index (χ0n) is 13.7. The first-order chi connectivity index (χ1) is 12.4. The van der Waals surface area contributed by atoms with Gasteiger partial charge in [-0.3, -0.25) is 14.4 Å². The second-order valence-electron chi connectivity index (χ2n) is 5.21. The van der Waals surface area contributed by atoms with Gasteiger partial charge in [-0.15, -0.1) is 11.3 Å². The van der Waals surface area contributed by atoms with Crippen LogP contribution in [0.15, 0.2) is 29.6 Å². The summed E-state index contributed by atoms with van der Waals surface area (Å²) in [4.78, 5) is 39.7. The van der Waals surface area contributed by atoms with E-state index in [4.69, 9.17) is 21.6 Å². The van der Waals surface area contributed by atoms with Crippen molar-refractivity contribution in [2.45, 2.75) is 12.8 Å². The number of carbonyl (C=O) groups excluding carboxylic acids is 3. The molecule has 0 spiro atoms. The summed E-state index contributed by atoms with van der Waals surface area (Å²) in [6, 6.07) is 7.99. The Labute approximate surface area is 158 Å². The molecule has 1 aromatic carbocycles. The molecular formula is C17H14ClN3O4S. The molecule has 2 rings (SSSR count). The van der Waals surface area contributed by atoms with E-state index in [0.29, 0.717) is 21.3 Å². The highest BCUT2D eigenvalue weighted by Gasteiger charge is 2.24. The van der Waals surface area contributed by atoms with E-state index in [0.717, 1.165) is 0 Å². The monoisotopic (exact) mass is 391 g/mol. The van der Waals surface area contributed by atoms with Crippen LogP contribution < -0.4 is 5.32 Å². The van der Waals surface area contributed by atoms with Crippen molar-refractivity contribution in [3.8, 4) is 6.07 Å². The van der Waals surface area contributed by atoms with Crippen molar-refractivity contribution in [1.29, 1.82) is 5.26 Å². The fourth-order valence-electron chi connectivity index (χ4n) is 1.91. The van der Waals surface area contributed by atoms with Gasteiger partial charge >= 0.3 is 5.97 Å². The Morgan fingerprint density at radius 3 is 2.62 bits per heavy atom. The molecule has 0 unspecified atom stereocenters. The average Bonchev–Trinajstić information content (AvgIpc) is 3.05. The van der Waals surface area contributed by atoms with Crippen molar-refractivity contribution in [2.24, 2.45) is 0 Å². The fraction of sp³-hybridized carbons (Fsp3) is 0.235. The Hall–Kier alpha value is -2.76. The smallest absolute Gasteiger partial charge is 0.325 e. The van der Waals surface area contributed by atoms with Gasteiger partial charge in [-0.05, 0) is 31.2 Å². The third kappa shape index (κ3) is 5.37. The molecule has 9 heteroatoms. The van der Waals surface area contributed by atoms with Crippen LogP contribution in [0.5, 0.6) is 0 Å². The molecule has 1 heterocycles. The third-order valence-corrected chi connectivity index (χ3v) is 4.49. The van der Waals surface area contributed by atoms with Gasteiger partial charge in [-0.2, -0.15) is 5.26 Å². The zero-order chi connectivity index (χ0) is 19.1. The van der Waals surface area contributed by atoms with Gasteiger partial charge < -0.3 is 10.1 Å². The Morgan fingerprint density at radius 2 is 2.04 bits per heavy atom. The summed E-state index contributed by atoms with van der Waals surface area (Å²) < 4.78 is 4.82. The fourth-order valence-corrected chi connectivity index (χ4v) is 2.90. The first kappa shape index (κ1) is 19.6. The number of benzene rings is 1. The van der Waals surface area contributed by atoms with Crippen molar-refractivity contribution in [2.75, 3.05) is 13.2 Å². The molecule has 7 nitrogen and oxygen atoms in total. The summed E-state index contributed by atoms with van der Waals surface area (Å²) in [5.41, 5.74) is 1.04. The summed E-state index contributed by atoms with van der Waals surface area (Å²) in [5.74, 6) is -2.91. The summed E-state index contributed by atoms with van der Waals surface area (Å²) in [7, 11) is 0. The maximum atomic E-state index is 12.0. The van der Waals surface area contributed by atoms with Gasteiger partial charge in [-0.25, -0.2) is 4.98 Å². The van der Waals surface area contributed by atoms with Crippen LogP contribution in [-0.4, -0.2) is 35.8 Å². The maximum absolute atomic E-state index is 12.0. The molecule has 0 fully saturated rings. The topological polar surface area (TPSA) is 109 Å². The second-order valence-corrected chi connectivity index (χ2v) is 6.53. The largest absolute Gasteiger partial charge is 0.456 e. The SMILES string of the molecule is Cc1csc([C@H](C#N)C(=O)COC(=O)CNC(=O)c2ccc(Cl)cc2)n1. The molecule has 0 aliphatic heterocycles. The molecule has 0 aliphatic rings. The number of aryl methyl sites for hydroxylation is 1. The third-order valence-electron chi connectivity index (χ3n) is 3.21. The first-order valence-corrected chi connectivity index (χ1v) is 8.70. The van der Waals surface area contributed by atoms with E-state index in [-0.39, 0.29) is 0 Å². The number of Topliss-reactive ketones (excluding diaryl/α,β-unsaturated/α-hetero) is 1. The number of hydrogen-bond donors (Lipinski definition) is 1. The minimum Gasteiger partial charge on any atom is -0.456 e. The van der Waals surface area contributed by atoms with Gasteiger partial charge in [0, 0.05) is 21.7 Å². The number of esters is 1. The van der Waals surface area contributed by atoms with Crippen molar-refractivity contribution >= 4 is 40.6 Å². The van der Waals surface area contributed by atoms with Crippen LogP contribution in [0.3, 0.4) is 0 Å². The number of hydrogen-bond acceptors (Lipinski definition) is 7. The molecule has 26 heavy (non-hydrogen) atoms. The van der Waals surface area contributed by atoms with Gasteiger partial charge in [0.15, 0.2) is 18.3 Å². The van der Waals surface area contributed by atoms with Gasteiger partial charge in [0.2, 0.25) is 0 Å². The van der Waals surface area contributed by atoms with E-state index in [2.05, 4.69) is 10.3 Å². The highest BCUT2D eigenvalue weighted by molar-refractivity contribution is 7.09. The quantitative estimate of drug-likeness (QED) is 0.725. The van der Waals surface area contributed by atoms with Gasteiger partial charge in [0.25, 0.3) is 5.91 Å². The number of aromatic nitrogens is 1. The van der Waals surface area contributed by atoms with E-state index in [1.165, 1.54) is 23.5 Å². The Kier molecular flexibility index (Phi) is 6.83. The van der Waals surface area contributed by atoms with Crippen LogP contribution in [-0.2, 0) is 14.3 Å². The predicted octanol–water partition coefficient (Wildman–Crippen LogP) is 2.25. The molecule has 0 saturated carbocycles. The molecule has 1 amide bonds. The van der Waals surface area contributed by atoms with Gasteiger partial charge in [0.05, 0.1) is 6.07 Å². The number of nitrogens with zero attached hydrogens (tertiary/aromatic N) is 2. The number of nitrogens with one attached hydrogen (secondary N) is 1. The number of ether oxygens (including phenoxy) is 1. The lowest BCUT2D eigenvalue weighted by Gasteiger charge is -2.08. The molecule has 0 aliphatic carbocycles. The Bertz CT molecular complexity index is 858.